The van der Waals surface area contributed by atoms with Gasteiger partial charge in [-0.15, -0.1) is 0 Å². The number of nitrogens with zero attached hydrogens (tertiary/aromatic N) is 1. The lowest BCUT2D eigenvalue weighted by molar-refractivity contribution is -0.149. The standard InChI is InChI=1S/C11H23NO3/c1-9(2)12(6-5-7-13)8-11(14)15-10(3)4/h9-10,13H,5-8H2,1-4H3. The van der Waals surface area contributed by atoms with E-state index >= 15 is 0 Å². The minimum atomic E-state index is -0.198. The normalized spacial score (nSPS) is 11.5. The minimum absolute atomic E-state index is 0.0654. The quantitative estimate of drug-likeness (QED) is 0.647. The van der Waals surface area contributed by atoms with Crippen LogP contribution < -0.4 is 0 Å². The molecule has 0 saturated carbocycles. The van der Waals surface area contributed by atoms with Crippen molar-refractivity contribution in [3.8, 4) is 0 Å². The van der Waals surface area contributed by atoms with E-state index < -0.39 is 0 Å². The molecule has 0 aliphatic heterocycles. The Morgan fingerprint density at radius 2 is 1.93 bits per heavy atom. The first kappa shape index (κ1) is 14.4. The van der Waals surface area contributed by atoms with Gasteiger partial charge in [-0.3, -0.25) is 9.69 Å². The van der Waals surface area contributed by atoms with Gasteiger partial charge in [-0.25, -0.2) is 0 Å². The number of carbonyl (C=O) groups excluding carboxylic acids is 1. The van der Waals surface area contributed by atoms with E-state index in [2.05, 4.69) is 0 Å². The van der Waals surface area contributed by atoms with Crippen LogP contribution in [0.5, 0.6) is 0 Å². The molecule has 15 heavy (non-hydrogen) atoms. The highest BCUT2D eigenvalue weighted by Gasteiger charge is 2.15. The summed E-state index contributed by atoms with van der Waals surface area (Å²) in [4.78, 5) is 13.4. The van der Waals surface area contributed by atoms with Gasteiger partial charge in [-0.05, 0) is 34.1 Å². The lowest BCUT2D eigenvalue weighted by atomic mass is 10.3. The summed E-state index contributed by atoms with van der Waals surface area (Å²) in [5, 5.41) is 8.73. The predicted molar refractivity (Wildman–Crippen MR) is 59.6 cm³/mol. The second kappa shape index (κ2) is 7.65. The van der Waals surface area contributed by atoms with E-state index in [0.717, 1.165) is 6.54 Å². The number of hydrogen-bond donors (Lipinski definition) is 1. The molecule has 0 atom stereocenters. The second-order valence-corrected chi connectivity index (χ2v) is 4.18. The van der Waals surface area contributed by atoms with Crippen LogP contribution in [0.3, 0.4) is 0 Å². The summed E-state index contributed by atoms with van der Waals surface area (Å²) in [6, 6.07) is 0.288. The molecular formula is C11H23NO3. The largest absolute Gasteiger partial charge is 0.462 e. The third-order valence-corrected chi connectivity index (χ3v) is 2.03. The number of hydrogen-bond acceptors (Lipinski definition) is 4. The van der Waals surface area contributed by atoms with E-state index in [1.807, 2.05) is 32.6 Å². The highest BCUT2D eigenvalue weighted by molar-refractivity contribution is 5.71. The average Bonchev–Trinajstić information content (AvgIpc) is 2.10. The molecule has 0 aliphatic rings. The predicted octanol–water partition coefficient (Wildman–Crippen LogP) is 1.03. The van der Waals surface area contributed by atoms with Crippen LogP contribution in [-0.2, 0) is 9.53 Å². The van der Waals surface area contributed by atoms with Gasteiger partial charge >= 0.3 is 5.97 Å². The number of esters is 1. The number of aliphatic hydroxyl groups is 1. The van der Waals surface area contributed by atoms with Crippen LogP contribution in [-0.4, -0.2) is 47.8 Å². The zero-order chi connectivity index (χ0) is 11.8. The fourth-order valence-corrected chi connectivity index (χ4v) is 1.26. The van der Waals surface area contributed by atoms with Crippen LogP contribution in [0.2, 0.25) is 0 Å². The van der Waals surface area contributed by atoms with Crippen molar-refractivity contribution < 1.29 is 14.6 Å². The Balaban J connectivity index is 3.98. The Kier molecular flexibility index (Phi) is 7.34. The first-order valence-corrected chi connectivity index (χ1v) is 5.51. The van der Waals surface area contributed by atoms with Gasteiger partial charge in [0.1, 0.15) is 0 Å². The molecule has 0 amide bonds. The van der Waals surface area contributed by atoms with Gasteiger partial charge in [-0.1, -0.05) is 0 Å². The van der Waals surface area contributed by atoms with Crippen molar-refractivity contribution in [3.63, 3.8) is 0 Å². The van der Waals surface area contributed by atoms with Crippen molar-refractivity contribution in [1.82, 2.24) is 4.90 Å². The lowest BCUT2D eigenvalue weighted by Gasteiger charge is -2.25. The van der Waals surface area contributed by atoms with Gasteiger partial charge < -0.3 is 9.84 Å². The molecule has 1 N–H and O–H groups in total. The van der Waals surface area contributed by atoms with Gasteiger partial charge in [-0.2, -0.15) is 0 Å². The van der Waals surface area contributed by atoms with Crippen molar-refractivity contribution in [2.45, 2.75) is 46.3 Å². The molecule has 0 heterocycles. The zero-order valence-electron chi connectivity index (χ0n) is 10.2. The Bertz CT molecular complexity index is 181. The Morgan fingerprint density at radius 3 is 2.33 bits per heavy atom. The molecule has 0 fully saturated rings. The summed E-state index contributed by atoms with van der Waals surface area (Å²) < 4.78 is 5.07. The van der Waals surface area contributed by atoms with Crippen LogP contribution in [0.25, 0.3) is 0 Å². The summed E-state index contributed by atoms with van der Waals surface area (Å²) in [6.07, 6.45) is 0.622. The van der Waals surface area contributed by atoms with Gasteiger partial charge in [0, 0.05) is 19.2 Å². The van der Waals surface area contributed by atoms with Gasteiger partial charge in [0.05, 0.1) is 12.6 Å². The summed E-state index contributed by atoms with van der Waals surface area (Å²) in [5.41, 5.74) is 0. The molecule has 0 bridgehead atoms. The molecule has 0 unspecified atom stereocenters. The molecule has 4 heteroatoms. The van der Waals surface area contributed by atoms with Crippen LogP contribution in [0.4, 0.5) is 0 Å². The maximum absolute atomic E-state index is 11.4. The molecule has 0 spiro atoms. The lowest BCUT2D eigenvalue weighted by Crippen LogP contribution is -2.38. The summed E-state index contributed by atoms with van der Waals surface area (Å²) >= 11 is 0. The monoisotopic (exact) mass is 217 g/mol. The summed E-state index contributed by atoms with van der Waals surface area (Å²) in [6.45, 7) is 8.91. The van der Waals surface area contributed by atoms with Gasteiger partial charge in [0.2, 0.25) is 0 Å². The van der Waals surface area contributed by atoms with E-state index in [4.69, 9.17) is 9.84 Å². The van der Waals surface area contributed by atoms with Crippen molar-refractivity contribution in [2.75, 3.05) is 19.7 Å². The Hall–Kier alpha value is -0.610. The number of carbonyl (C=O) groups is 1. The van der Waals surface area contributed by atoms with E-state index in [1.165, 1.54) is 0 Å². The number of ether oxygens (including phenoxy) is 1. The van der Waals surface area contributed by atoms with Crippen LogP contribution in [0, 0.1) is 0 Å². The average molecular weight is 217 g/mol. The van der Waals surface area contributed by atoms with Crippen LogP contribution in [0.1, 0.15) is 34.1 Å². The zero-order valence-corrected chi connectivity index (χ0v) is 10.2. The SMILES string of the molecule is CC(C)OC(=O)CN(CCCO)C(C)C. The number of rotatable bonds is 7. The molecule has 90 valence electrons. The topological polar surface area (TPSA) is 49.8 Å². The molecule has 0 aliphatic carbocycles. The van der Waals surface area contributed by atoms with Crippen molar-refractivity contribution in [1.29, 1.82) is 0 Å². The molecule has 0 aromatic rings. The number of aliphatic hydroxyl groups excluding tert-OH is 1. The fraction of sp³-hybridized carbons (Fsp3) is 0.909. The van der Waals surface area contributed by atoms with Crippen molar-refractivity contribution >= 4 is 5.97 Å². The van der Waals surface area contributed by atoms with Crippen LogP contribution in [0.15, 0.2) is 0 Å². The molecule has 0 radical (unpaired) electrons. The maximum atomic E-state index is 11.4. The molecule has 0 aromatic heterocycles. The maximum Gasteiger partial charge on any atom is 0.320 e. The summed E-state index contributed by atoms with van der Waals surface area (Å²) in [7, 11) is 0. The smallest absolute Gasteiger partial charge is 0.320 e. The highest BCUT2D eigenvalue weighted by Crippen LogP contribution is 2.01. The second-order valence-electron chi connectivity index (χ2n) is 4.18. The molecule has 0 aromatic carbocycles. The highest BCUT2D eigenvalue weighted by atomic mass is 16.5. The molecular weight excluding hydrogens is 194 g/mol. The third kappa shape index (κ3) is 7.33. The first-order valence-electron chi connectivity index (χ1n) is 5.51. The fourth-order valence-electron chi connectivity index (χ4n) is 1.26. The summed E-state index contributed by atoms with van der Waals surface area (Å²) in [5.74, 6) is -0.198. The van der Waals surface area contributed by atoms with Crippen LogP contribution >= 0.6 is 0 Å². The third-order valence-electron chi connectivity index (χ3n) is 2.03. The van der Waals surface area contributed by atoms with E-state index in [0.29, 0.717) is 13.0 Å². The van der Waals surface area contributed by atoms with Gasteiger partial charge in [0.25, 0.3) is 0 Å². The Labute approximate surface area is 92.2 Å². The minimum Gasteiger partial charge on any atom is -0.462 e. The van der Waals surface area contributed by atoms with E-state index in [9.17, 15) is 4.79 Å². The van der Waals surface area contributed by atoms with E-state index in [1.54, 1.807) is 0 Å². The Morgan fingerprint density at radius 1 is 1.33 bits per heavy atom. The van der Waals surface area contributed by atoms with E-state index in [-0.39, 0.29) is 24.7 Å². The molecule has 4 nitrogen and oxygen atoms in total. The molecule has 0 saturated heterocycles. The van der Waals surface area contributed by atoms with Crippen molar-refractivity contribution in [3.05, 3.63) is 0 Å². The van der Waals surface area contributed by atoms with Crippen molar-refractivity contribution in [2.24, 2.45) is 0 Å². The molecule has 0 rings (SSSR count). The van der Waals surface area contributed by atoms with Gasteiger partial charge in [0.15, 0.2) is 0 Å². The first-order chi connectivity index (χ1) is 6.97.